The van der Waals surface area contributed by atoms with Gasteiger partial charge in [0.1, 0.15) is 12.2 Å². The maximum Gasteiger partial charge on any atom is 0.351 e. The summed E-state index contributed by atoms with van der Waals surface area (Å²) in [6, 6.07) is 0. The molecule has 4 N–H and O–H groups in total. The second-order valence-electron chi connectivity index (χ2n) is 12.3. The molecule has 13 unspecified atom stereocenters. The summed E-state index contributed by atoms with van der Waals surface area (Å²) in [5.41, 5.74) is -3.19. The quantitative estimate of drug-likeness (QED) is 0.219. The fourth-order valence-corrected chi connectivity index (χ4v) is 8.71. The zero-order valence-electron chi connectivity index (χ0n) is 22.5. The average Bonchev–Trinajstić information content (AvgIpc) is 3.13. The van der Waals surface area contributed by atoms with E-state index in [-0.39, 0.29) is 13.0 Å². The highest BCUT2D eigenvalue weighted by molar-refractivity contribution is 5.86. The first-order valence-corrected chi connectivity index (χ1v) is 13.3. The van der Waals surface area contributed by atoms with Crippen LogP contribution >= 0.6 is 0 Å². The van der Waals surface area contributed by atoms with Crippen molar-refractivity contribution in [2.45, 2.75) is 96.3 Å². The molecule has 1 spiro atoms. The van der Waals surface area contributed by atoms with Crippen LogP contribution in [0.4, 0.5) is 0 Å². The predicted molar refractivity (Wildman–Crippen MR) is 128 cm³/mol. The van der Waals surface area contributed by atoms with Gasteiger partial charge in [0.2, 0.25) is 11.7 Å². The summed E-state index contributed by atoms with van der Waals surface area (Å²) in [6.45, 7) is 9.32. The van der Waals surface area contributed by atoms with Crippen molar-refractivity contribution in [1.82, 2.24) is 0 Å². The number of fused-ring (bicyclic) bond motifs is 1. The van der Waals surface area contributed by atoms with Gasteiger partial charge < -0.3 is 39.4 Å². The molecule has 2 bridgehead atoms. The summed E-state index contributed by atoms with van der Waals surface area (Å²) in [5.74, 6) is -7.52. The van der Waals surface area contributed by atoms with Crippen molar-refractivity contribution < 1.29 is 53.8 Å². The Kier molecular flexibility index (Phi) is 6.14. The molecule has 2 saturated carbocycles. The molecule has 0 aromatic rings. The highest BCUT2D eigenvalue weighted by Gasteiger charge is 2.83. The van der Waals surface area contributed by atoms with Crippen LogP contribution in [-0.4, -0.2) is 86.8 Å². The Morgan fingerprint density at radius 1 is 1.24 bits per heavy atom. The molecular weight excluding hydrogens is 500 g/mol. The number of hydrogen-bond donors (Lipinski definition) is 4. The van der Waals surface area contributed by atoms with Crippen molar-refractivity contribution >= 4 is 17.9 Å². The summed E-state index contributed by atoms with van der Waals surface area (Å²) in [7, 11) is 0. The van der Waals surface area contributed by atoms with Crippen LogP contribution in [0.2, 0.25) is 0 Å². The smallest absolute Gasteiger partial charge is 0.351 e. The van der Waals surface area contributed by atoms with Crippen LogP contribution in [0, 0.1) is 34.5 Å². The molecule has 4 fully saturated rings. The monoisotopic (exact) mass is 538 g/mol. The Labute approximate surface area is 221 Å². The molecule has 2 aliphatic heterocycles. The Morgan fingerprint density at radius 3 is 2.50 bits per heavy atom. The highest BCUT2D eigenvalue weighted by Crippen LogP contribution is 2.74. The molecule has 11 nitrogen and oxygen atoms in total. The third-order valence-corrected chi connectivity index (χ3v) is 10.5. The van der Waals surface area contributed by atoms with Gasteiger partial charge in [-0.15, -0.1) is 0 Å². The zero-order chi connectivity index (χ0) is 28.2. The van der Waals surface area contributed by atoms with Crippen LogP contribution in [0.5, 0.6) is 0 Å². The lowest BCUT2D eigenvalue weighted by Crippen LogP contribution is -2.78. The van der Waals surface area contributed by atoms with Crippen LogP contribution in [0.25, 0.3) is 0 Å². The summed E-state index contributed by atoms with van der Waals surface area (Å²) >= 11 is 0. The van der Waals surface area contributed by atoms with Gasteiger partial charge >= 0.3 is 17.9 Å². The average molecular weight is 539 g/mol. The van der Waals surface area contributed by atoms with E-state index < -0.39 is 94.3 Å². The van der Waals surface area contributed by atoms with Crippen LogP contribution < -0.4 is 0 Å². The van der Waals surface area contributed by atoms with Crippen LogP contribution in [-0.2, 0) is 33.3 Å². The van der Waals surface area contributed by atoms with Gasteiger partial charge in [0.05, 0.1) is 18.8 Å². The number of carbonyl (C=O) groups is 3. The molecule has 11 heteroatoms. The van der Waals surface area contributed by atoms with Crippen LogP contribution in [0.3, 0.4) is 0 Å². The molecule has 3 aliphatic carbocycles. The van der Waals surface area contributed by atoms with Crippen molar-refractivity contribution in [3.8, 4) is 0 Å². The van der Waals surface area contributed by atoms with Crippen molar-refractivity contribution in [3.63, 3.8) is 0 Å². The first-order valence-electron chi connectivity index (χ1n) is 13.3. The lowest BCUT2D eigenvalue weighted by Gasteiger charge is -2.68. The molecule has 2 saturated heterocycles. The molecular formula is C27H38O11. The number of hydrogen-bond acceptors (Lipinski definition) is 11. The maximum absolute atomic E-state index is 13.5. The van der Waals surface area contributed by atoms with Gasteiger partial charge in [-0.3, -0.25) is 4.79 Å². The van der Waals surface area contributed by atoms with Crippen molar-refractivity contribution in [2.75, 3.05) is 6.61 Å². The second-order valence-corrected chi connectivity index (χ2v) is 12.3. The fraction of sp³-hybridized carbons (Fsp3) is 0.815. The number of rotatable bonds is 4. The lowest BCUT2D eigenvalue weighted by atomic mass is 9.38. The standard InChI is InChI=1S/C27H38O11/c1-7-24(5,38-13(4)28)23(33)37-18-17-12(3)19(30)27(34)22-25(6)14(11(2)8-15(29)20(25)31)9-16(36-21(18)32)26(17,22)10-35-27/h8,12,14-20,22,29-31,34H,7,9-10H2,1-6H3. The van der Waals surface area contributed by atoms with E-state index >= 15 is 0 Å². The lowest BCUT2D eigenvalue weighted by molar-refractivity contribution is -0.345. The third-order valence-electron chi connectivity index (χ3n) is 10.5. The van der Waals surface area contributed by atoms with E-state index in [9.17, 15) is 34.8 Å². The highest BCUT2D eigenvalue weighted by atomic mass is 16.7. The minimum atomic E-state index is -2.10. The number of esters is 3. The van der Waals surface area contributed by atoms with Crippen molar-refractivity contribution in [2.24, 2.45) is 34.5 Å². The number of ether oxygens (including phenoxy) is 4. The van der Waals surface area contributed by atoms with E-state index in [1.807, 2.05) is 6.92 Å². The third kappa shape index (κ3) is 3.22. The summed E-state index contributed by atoms with van der Waals surface area (Å²) in [5, 5.41) is 45.5. The molecule has 5 rings (SSSR count). The minimum absolute atomic E-state index is 0.0880. The van der Waals surface area contributed by atoms with Crippen LogP contribution in [0.15, 0.2) is 11.6 Å². The number of carbonyl (C=O) groups excluding carboxylic acids is 3. The summed E-state index contributed by atoms with van der Waals surface area (Å²) in [4.78, 5) is 38.5. The fourth-order valence-electron chi connectivity index (χ4n) is 8.71. The van der Waals surface area contributed by atoms with Gasteiger partial charge in [-0.2, -0.15) is 0 Å². The number of allylic oxidation sites excluding steroid dienone is 1. The van der Waals surface area contributed by atoms with Gasteiger partial charge in [-0.05, 0) is 38.5 Å². The van der Waals surface area contributed by atoms with Gasteiger partial charge in [0.15, 0.2) is 5.79 Å². The van der Waals surface area contributed by atoms with E-state index in [1.165, 1.54) is 13.8 Å². The molecule has 0 aromatic heterocycles. The van der Waals surface area contributed by atoms with E-state index in [0.29, 0.717) is 6.42 Å². The van der Waals surface area contributed by atoms with Gasteiger partial charge in [-0.1, -0.05) is 32.4 Å². The van der Waals surface area contributed by atoms with Crippen molar-refractivity contribution in [3.05, 3.63) is 11.6 Å². The van der Waals surface area contributed by atoms with Gasteiger partial charge in [0, 0.05) is 29.6 Å². The Balaban J connectivity index is 1.64. The molecule has 13 atom stereocenters. The molecule has 5 aliphatic rings. The SMILES string of the molecule is CCC(C)(OC(C)=O)C(=O)OC1C(=O)OC2CC3C(C)=CC(O)C(O)C3(C)C3C4(O)OCC23C1C(C)C4O. The van der Waals surface area contributed by atoms with Gasteiger partial charge in [0.25, 0.3) is 0 Å². The minimum Gasteiger partial charge on any atom is -0.459 e. The second kappa shape index (κ2) is 8.47. The maximum atomic E-state index is 13.5. The topological polar surface area (TPSA) is 169 Å². The van der Waals surface area contributed by atoms with E-state index in [4.69, 9.17) is 18.9 Å². The Morgan fingerprint density at radius 2 is 1.89 bits per heavy atom. The molecule has 38 heavy (non-hydrogen) atoms. The first kappa shape index (κ1) is 27.5. The van der Waals surface area contributed by atoms with Gasteiger partial charge in [-0.25, -0.2) is 9.59 Å². The van der Waals surface area contributed by atoms with E-state index in [2.05, 4.69) is 0 Å². The molecule has 2 heterocycles. The molecule has 0 amide bonds. The molecule has 0 aromatic carbocycles. The summed E-state index contributed by atoms with van der Waals surface area (Å²) in [6.07, 6.45) is -4.32. The largest absolute Gasteiger partial charge is 0.459 e. The van der Waals surface area contributed by atoms with E-state index in [0.717, 1.165) is 5.57 Å². The number of aliphatic hydroxyl groups is 4. The van der Waals surface area contributed by atoms with E-state index in [1.54, 1.807) is 26.8 Å². The first-order chi connectivity index (χ1) is 17.6. The molecule has 212 valence electrons. The Bertz CT molecular complexity index is 1090. The Hall–Kier alpha value is -2.05. The predicted octanol–water partition coefficient (Wildman–Crippen LogP) is 0.212. The molecule has 0 radical (unpaired) electrons. The normalized spacial score (nSPS) is 50.5. The number of aliphatic hydroxyl groups excluding tert-OH is 3. The summed E-state index contributed by atoms with van der Waals surface area (Å²) < 4.78 is 22.9. The zero-order valence-corrected chi connectivity index (χ0v) is 22.5. The van der Waals surface area contributed by atoms with Crippen LogP contribution in [0.1, 0.15) is 54.4 Å². The van der Waals surface area contributed by atoms with Crippen molar-refractivity contribution in [1.29, 1.82) is 0 Å².